The average molecular weight is 394 g/mol. The summed E-state index contributed by atoms with van der Waals surface area (Å²) in [7, 11) is 0. The molecule has 0 aliphatic carbocycles. The number of carbonyl (C=O) groups is 1. The van der Waals surface area contributed by atoms with Crippen LogP contribution in [0.4, 0.5) is 5.69 Å². The lowest BCUT2D eigenvalue weighted by Gasteiger charge is -2.15. The van der Waals surface area contributed by atoms with Crippen molar-refractivity contribution in [3.63, 3.8) is 0 Å². The first-order chi connectivity index (χ1) is 12.4. The number of nitro groups is 1. The standard InChI is InChI=1S/C19H23N3O4.ClH/c1-13(2)14-7-9-15(10-8-14)16(20)11-21-19(23)12-26-18-6-4-3-5-17(18)22(24)25;/h3-10,13,16H,11-12,20H2,1-2H3,(H,21,23);1H. The van der Waals surface area contributed by atoms with Crippen molar-refractivity contribution < 1.29 is 14.5 Å². The maximum absolute atomic E-state index is 11.9. The summed E-state index contributed by atoms with van der Waals surface area (Å²) in [5, 5.41) is 13.6. The molecule has 0 fully saturated rings. The van der Waals surface area contributed by atoms with Crippen LogP contribution in [0.25, 0.3) is 0 Å². The Hall–Kier alpha value is -2.64. The zero-order valence-corrected chi connectivity index (χ0v) is 16.1. The van der Waals surface area contributed by atoms with Crippen LogP contribution in [0.5, 0.6) is 5.75 Å². The molecule has 0 aliphatic heterocycles. The number of hydrogen-bond donors (Lipinski definition) is 2. The van der Waals surface area contributed by atoms with E-state index in [2.05, 4.69) is 19.2 Å². The highest BCUT2D eigenvalue weighted by atomic mass is 35.5. The molecule has 0 radical (unpaired) electrons. The zero-order chi connectivity index (χ0) is 19.1. The summed E-state index contributed by atoms with van der Waals surface area (Å²) in [4.78, 5) is 22.3. The monoisotopic (exact) mass is 393 g/mol. The SMILES string of the molecule is CC(C)c1ccc(C(N)CNC(=O)COc2ccccc2[N+](=O)[O-])cc1.Cl. The van der Waals surface area contributed by atoms with E-state index in [4.69, 9.17) is 10.5 Å². The Bertz CT molecular complexity index is 766. The molecule has 1 unspecified atom stereocenters. The Labute approximate surface area is 164 Å². The molecule has 1 atom stereocenters. The van der Waals surface area contributed by atoms with Crippen molar-refractivity contribution in [1.82, 2.24) is 5.32 Å². The van der Waals surface area contributed by atoms with Gasteiger partial charge in [-0.05, 0) is 23.1 Å². The van der Waals surface area contributed by atoms with E-state index in [1.165, 1.54) is 23.8 Å². The van der Waals surface area contributed by atoms with Gasteiger partial charge in [-0.25, -0.2) is 0 Å². The van der Waals surface area contributed by atoms with Crippen molar-refractivity contribution in [1.29, 1.82) is 0 Å². The van der Waals surface area contributed by atoms with Crippen LogP contribution in [0.15, 0.2) is 48.5 Å². The molecule has 0 saturated heterocycles. The third-order valence-electron chi connectivity index (χ3n) is 3.97. The van der Waals surface area contributed by atoms with Gasteiger partial charge in [-0.1, -0.05) is 50.2 Å². The van der Waals surface area contributed by atoms with Gasteiger partial charge in [0.2, 0.25) is 0 Å². The number of nitro benzene ring substituents is 1. The lowest BCUT2D eigenvalue weighted by atomic mass is 9.99. The van der Waals surface area contributed by atoms with E-state index in [0.29, 0.717) is 5.92 Å². The molecule has 7 nitrogen and oxygen atoms in total. The molecule has 0 spiro atoms. The Morgan fingerprint density at radius 2 is 1.74 bits per heavy atom. The summed E-state index contributed by atoms with van der Waals surface area (Å²) in [5.74, 6) is 0.109. The fourth-order valence-electron chi connectivity index (χ4n) is 2.39. The second-order valence-corrected chi connectivity index (χ2v) is 6.25. The lowest BCUT2D eigenvalue weighted by Crippen LogP contribution is -2.35. The second-order valence-electron chi connectivity index (χ2n) is 6.25. The predicted octanol–water partition coefficient (Wildman–Crippen LogP) is 3.34. The Morgan fingerprint density at radius 3 is 2.33 bits per heavy atom. The van der Waals surface area contributed by atoms with E-state index in [1.54, 1.807) is 6.07 Å². The molecule has 27 heavy (non-hydrogen) atoms. The normalized spacial score (nSPS) is 11.4. The third-order valence-corrected chi connectivity index (χ3v) is 3.97. The molecule has 0 bridgehead atoms. The number of para-hydroxylation sites is 2. The summed E-state index contributed by atoms with van der Waals surface area (Å²) < 4.78 is 5.25. The fraction of sp³-hybridized carbons (Fsp3) is 0.316. The highest BCUT2D eigenvalue weighted by Crippen LogP contribution is 2.25. The maximum Gasteiger partial charge on any atom is 0.310 e. The van der Waals surface area contributed by atoms with E-state index >= 15 is 0 Å². The second kappa shape index (κ2) is 10.5. The van der Waals surface area contributed by atoms with Gasteiger partial charge in [0.05, 0.1) is 4.92 Å². The lowest BCUT2D eigenvalue weighted by molar-refractivity contribution is -0.385. The predicted molar refractivity (Wildman–Crippen MR) is 106 cm³/mol. The number of nitrogens with two attached hydrogens (primary N) is 1. The van der Waals surface area contributed by atoms with Gasteiger partial charge < -0.3 is 15.8 Å². The third kappa shape index (κ3) is 6.54. The first-order valence-corrected chi connectivity index (χ1v) is 8.37. The maximum atomic E-state index is 11.9. The summed E-state index contributed by atoms with van der Waals surface area (Å²) in [6.45, 7) is 4.17. The Kier molecular flexibility index (Phi) is 8.71. The minimum absolute atomic E-state index is 0. The number of nitrogens with one attached hydrogen (secondary N) is 1. The molecular formula is C19H24ClN3O4. The van der Waals surface area contributed by atoms with Gasteiger partial charge in [0.25, 0.3) is 5.91 Å². The van der Waals surface area contributed by atoms with Gasteiger partial charge in [0.1, 0.15) is 0 Å². The number of halogens is 1. The number of nitrogens with zero attached hydrogens (tertiary/aromatic N) is 1. The van der Waals surface area contributed by atoms with Crippen molar-refractivity contribution in [2.45, 2.75) is 25.8 Å². The molecular weight excluding hydrogens is 370 g/mol. The number of amides is 1. The highest BCUT2D eigenvalue weighted by Gasteiger charge is 2.15. The topological polar surface area (TPSA) is 107 Å². The summed E-state index contributed by atoms with van der Waals surface area (Å²) in [5.41, 5.74) is 8.07. The quantitative estimate of drug-likeness (QED) is 0.528. The number of hydrogen-bond acceptors (Lipinski definition) is 5. The minimum atomic E-state index is -0.552. The minimum Gasteiger partial charge on any atom is -0.477 e. The molecule has 2 rings (SSSR count). The van der Waals surface area contributed by atoms with Crippen LogP contribution in [0.2, 0.25) is 0 Å². The van der Waals surface area contributed by atoms with Crippen molar-refractivity contribution in [3.05, 3.63) is 69.8 Å². The number of benzene rings is 2. The summed E-state index contributed by atoms with van der Waals surface area (Å²) in [6, 6.07) is 13.5. The van der Waals surface area contributed by atoms with E-state index in [0.717, 1.165) is 5.56 Å². The summed E-state index contributed by atoms with van der Waals surface area (Å²) >= 11 is 0. The van der Waals surface area contributed by atoms with Crippen LogP contribution in [0.3, 0.4) is 0 Å². The van der Waals surface area contributed by atoms with E-state index < -0.39 is 10.8 Å². The van der Waals surface area contributed by atoms with Gasteiger partial charge in [-0.2, -0.15) is 0 Å². The zero-order valence-electron chi connectivity index (χ0n) is 15.3. The smallest absolute Gasteiger partial charge is 0.310 e. The van der Waals surface area contributed by atoms with Crippen molar-refractivity contribution in [2.75, 3.05) is 13.2 Å². The van der Waals surface area contributed by atoms with Gasteiger partial charge >= 0.3 is 5.69 Å². The van der Waals surface area contributed by atoms with Crippen molar-refractivity contribution in [3.8, 4) is 5.75 Å². The molecule has 146 valence electrons. The van der Waals surface area contributed by atoms with E-state index in [1.807, 2.05) is 24.3 Å². The molecule has 3 N–H and O–H groups in total. The molecule has 8 heteroatoms. The number of rotatable bonds is 8. The molecule has 1 amide bonds. The molecule has 0 saturated carbocycles. The number of carbonyl (C=O) groups excluding carboxylic acids is 1. The van der Waals surface area contributed by atoms with Crippen molar-refractivity contribution in [2.24, 2.45) is 5.73 Å². The molecule has 2 aromatic carbocycles. The molecule has 0 aliphatic rings. The van der Waals surface area contributed by atoms with Crippen LogP contribution in [0.1, 0.15) is 36.9 Å². The van der Waals surface area contributed by atoms with E-state index in [9.17, 15) is 14.9 Å². The van der Waals surface area contributed by atoms with Gasteiger partial charge in [0, 0.05) is 18.7 Å². The van der Waals surface area contributed by atoms with Crippen LogP contribution in [-0.4, -0.2) is 24.0 Å². The Balaban J connectivity index is 0.00000364. The fourth-order valence-corrected chi connectivity index (χ4v) is 2.39. The number of ether oxygens (including phenoxy) is 1. The highest BCUT2D eigenvalue weighted by molar-refractivity contribution is 5.85. The van der Waals surface area contributed by atoms with Crippen LogP contribution < -0.4 is 15.8 Å². The first-order valence-electron chi connectivity index (χ1n) is 8.37. The van der Waals surface area contributed by atoms with E-state index in [-0.39, 0.29) is 43.0 Å². The van der Waals surface area contributed by atoms with Crippen LogP contribution >= 0.6 is 12.4 Å². The van der Waals surface area contributed by atoms with Crippen LogP contribution in [0, 0.1) is 10.1 Å². The Morgan fingerprint density at radius 1 is 1.15 bits per heavy atom. The molecule has 0 aromatic heterocycles. The summed E-state index contributed by atoms with van der Waals surface area (Å²) in [6.07, 6.45) is 0. The largest absolute Gasteiger partial charge is 0.477 e. The van der Waals surface area contributed by atoms with Gasteiger partial charge in [0.15, 0.2) is 12.4 Å². The average Bonchev–Trinajstić information content (AvgIpc) is 2.64. The van der Waals surface area contributed by atoms with Gasteiger partial charge in [-0.3, -0.25) is 14.9 Å². The van der Waals surface area contributed by atoms with Crippen LogP contribution in [-0.2, 0) is 4.79 Å². The molecule has 2 aromatic rings. The van der Waals surface area contributed by atoms with Gasteiger partial charge in [-0.15, -0.1) is 12.4 Å². The molecule has 0 heterocycles. The first kappa shape index (κ1) is 22.4. The van der Waals surface area contributed by atoms with Crippen molar-refractivity contribution >= 4 is 24.0 Å².